The van der Waals surface area contributed by atoms with Crippen molar-refractivity contribution in [3.05, 3.63) is 30.1 Å². The van der Waals surface area contributed by atoms with Crippen molar-refractivity contribution in [1.82, 2.24) is 20.5 Å². The normalized spacial score (nSPS) is 13.8. The highest BCUT2D eigenvalue weighted by molar-refractivity contribution is 14.0. The molecule has 2 N–H and O–H groups in total. The zero-order valence-electron chi connectivity index (χ0n) is 20.6. The van der Waals surface area contributed by atoms with E-state index in [1.54, 1.807) is 17.3 Å². The maximum atomic E-state index is 12.7. The SMILES string of the molecule is CCNC(=NCCCN(Cc1cccnc1)C(=O)OC(C)(C)C)NCCCOCC1CC1.I. The van der Waals surface area contributed by atoms with Crippen molar-refractivity contribution < 1.29 is 14.3 Å². The van der Waals surface area contributed by atoms with Gasteiger partial charge in [-0.3, -0.25) is 9.98 Å². The van der Waals surface area contributed by atoms with Crippen LogP contribution in [0.4, 0.5) is 4.79 Å². The molecule has 1 aliphatic carbocycles. The van der Waals surface area contributed by atoms with Crippen LogP contribution < -0.4 is 10.6 Å². The second kappa shape index (κ2) is 16.1. The van der Waals surface area contributed by atoms with Crippen molar-refractivity contribution in [2.24, 2.45) is 10.9 Å². The second-order valence-corrected chi connectivity index (χ2v) is 9.18. The Balaban J connectivity index is 0.00000544. The number of rotatable bonds is 13. The van der Waals surface area contributed by atoms with Gasteiger partial charge in [0.05, 0.1) is 6.54 Å². The molecule has 1 aromatic heterocycles. The monoisotopic (exact) mass is 575 g/mol. The Kier molecular flexibility index (Phi) is 14.3. The zero-order chi connectivity index (χ0) is 23.2. The van der Waals surface area contributed by atoms with E-state index in [0.29, 0.717) is 19.6 Å². The summed E-state index contributed by atoms with van der Waals surface area (Å²) in [6.45, 7) is 12.6. The van der Waals surface area contributed by atoms with Gasteiger partial charge in [0.1, 0.15) is 5.60 Å². The molecule has 1 saturated carbocycles. The fourth-order valence-corrected chi connectivity index (χ4v) is 2.98. The Morgan fingerprint density at radius 2 is 2.06 bits per heavy atom. The Morgan fingerprint density at radius 1 is 1.27 bits per heavy atom. The molecule has 0 atom stereocenters. The summed E-state index contributed by atoms with van der Waals surface area (Å²) >= 11 is 0. The summed E-state index contributed by atoms with van der Waals surface area (Å²) < 4.78 is 11.3. The molecule has 1 heterocycles. The van der Waals surface area contributed by atoms with Crippen LogP contribution in [0.1, 0.15) is 58.9 Å². The molecule has 33 heavy (non-hydrogen) atoms. The van der Waals surface area contributed by atoms with Crippen molar-refractivity contribution >= 4 is 36.0 Å². The third kappa shape index (κ3) is 14.3. The number of nitrogens with one attached hydrogen (secondary N) is 2. The lowest BCUT2D eigenvalue weighted by Crippen LogP contribution is -2.39. The second-order valence-electron chi connectivity index (χ2n) is 9.18. The lowest BCUT2D eigenvalue weighted by molar-refractivity contribution is 0.0232. The van der Waals surface area contributed by atoms with E-state index in [0.717, 1.165) is 56.6 Å². The molecule has 1 aromatic rings. The predicted octanol–water partition coefficient (Wildman–Crippen LogP) is 4.20. The number of carbonyl (C=O) groups is 1. The molecule has 0 aliphatic heterocycles. The topological polar surface area (TPSA) is 88.1 Å². The first-order chi connectivity index (χ1) is 15.4. The smallest absolute Gasteiger partial charge is 0.410 e. The summed E-state index contributed by atoms with van der Waals surface area (Å²) in [4.78, 5) is 23.2. The van der Waals surface area contributed by atoms with Gasteiger partial charge in [-0.05, 0) is 70.9 Å². The molecule has 8 nitrogen and oxygen atoms in total. The first-order valence-electron chi connectivity index (χ1n) is 11.8. The van der Waals surface area contributed by atoms with Crippen molar-refractivity contribution in [2.45, 2.75) is 65.5 Å². The number of ether oxygens (including phenoxy) is 2. The maximum Gasteiger partial charge on any atom is 0.410 e. The molecule has 2 rings (SSSR count). The predicted molar refractivity (Wildman–Crippen MR) is 143 cm³/mol. The van der Waals surface area contributed by atoms with E-state index in [-0.39, 0.29) is 30.1 Å². The van der Waals surface area contributed by atoms with Gasteiger partial charge in [-0.25, -0.2) is 4.79 Å². The molecule has 0 unspecified atom stereocenters. The highest BCUT2D eigenvalue weighted by atomic mass is 127. The average molecular weight is 576 g/mol. The van der Waals surface area contributed by atoms with Crippen LogP contribution >= 0.6 is 24.0 Å². The van der Waals surface area contributed by atoms with E-state index in [2.05, 4.69) is 20.6 Å². The number of aliphatic imine (C=N–C) groups is 1. The first-order valence-corrected chi connectivity index (χ1v) is 11.8. The first kappa shape index (κ1) is 29.4. The fourth-order valence-electron chi connectivity index (χ4n) is 2.98. The molecular formula is C24H42IN5O3. The number of carbonyl (C=O) groups excluding carboxylic acids is 1. The Morgan fingerprint density at radius 3 is 2.70 bits per heavy atom. The fraction of sp³-hybridized carbons (Fsp3) is 0.708. The maximum absolute atomic E-state index is 12.7. The van der Waals surface area contributed by atoms with E-state index in [1.807, 2.05) is 39.8 Å². The Labute approximate surface area is 216 Å². The van der Waals surface area contributed by atoms with E-state index in [9.17, 15) is 4.79 Å². The number of pyridine rings is 1. The summed E-state index contributed by atoms with van der Waals surface area (Å²) in [6.07, 6.45) is 7.52. The minimum absolute atomic E-state index is 0. The number of amides is 1. The number of halogens is 1. The van der Waals surface area contributed by atoms with Crippen molar-refractivity contribution in [1.29, 1.82) is 0 Å². The van der Waals surface area contributed by atoms with Crippen molar-refractivity contribution in [3.8, 4) is 0 Å². The lowest BCUT2D eigenvalue weighted by Gasteiger charge is -2.27. The summed E-state index contributed by atoms with van der Waals surface area (Å²) in [7, 11) is 0. The molecular weight excluding hydrogens is 533 g/mol. The van der Waals surface area contributed by atoms with Gasteiger partial charge in [-0.1, -0.05) is 6.07 Å². The minimum Gasteiger partial charge on any atom is -0.444 e. The molecule has 1 amide bonds. The molecule has 9 heteroatoms. The van der Waals surface area contributed by atoms with Crippen LogP contribution in [0.15, 0.2) is 29.5 Å². The molecule has 1 fully saturated rings. The number of nitrogens with zero attached hydrogens (tertiary/aromatic N) is 3. The summed E-state index contributed by atoms with van der Waals surface area (Å²) in [5, 5.41) is 6.62. The molecule has 188 valence electrons. The van der Waals surface area contributed by atoms with Crippen LogP contribution in [0.5, 0.6) is 0 Å². The number of hydrogen-bond acceptors (Lipinski definition) is 5. The third-order valence-electron chi connectivity index (χ3n) is 4.76. The molecule has 0 bridgehead atoms. The van der Waals surface area contributed by atoms with E-state index in [4.69, 9.17) is 9.47 Å². The van der Waals surface area contributed by atoms with Crippen LogP contribution in [0.2, 0.25) is 0 Å². The highest BCUT2D eigenvalue weighted by Gasteiger charge is 2.22. The quantitative estimate of drug-likeness (QED) is 0.159. The van der Waals surface area contributed by atoms with Crippen LogP contribution in [0, 0.1) is 5.92 Å². The third-order valence-corrected chi connectivity index (χ3v) is 4.76. The van der Waals surface area contributed by atoms with Gasteiger partial charge in [0.25, 0.3) is 0 Å². The summed E-state index contributed by atoms with van der Waals surface area (Å²) in [5.41, 5.74) is 0.438. The standard InChI is InChI=1S/C24H41N5O3.HI/c1-5-26-22(28-14-8-16-31-19-20-10-11-20)27-13-7-15-29(23(30)32-24(2,3)4)18-21-9-6-12-25-17-21;/h6,9,12,17,20H,5,7-8,10-11,13-16,18-19H2,1-4H3,(H2,26,27,28);1H. The summed E-state index contributed by atoms with van der Waals surface area (Å²) in [5.74, 6) is 1.60. The van der Waals surface area contributed by atoms with Gasteiger partial charge < -0.3 is 25.0 Å². The minimum atomic E-state index is -0.535. The van der Waals surface area contributed by atoms with Gasteiger partial charge in [0, 0.05) is 51.8 Å². The van der Waals surface area contributed by atoms with E-state index < -0.39 is 5.60 Å². The largest absolute Gasteiger partial charge is 0.444 e. The van der Waals surface area contributed by atoms with E-state index >= 15 is 0 Å². The Hall–Kier alpha value is -1.62. The molecule has 1 aliphatic rings. The molecule has 0 spiro atoms. The van der Waals surface area contributed by atoms with Crippen molar-refractivity contribution in [2.75, 3.05) is 39.4 Å². The summed E-state index contributed by atoms with van der Waals surface area (Å²) in [6, 6.07) is 3.84. The Bertz CT molecular complexity index is 693. The number of guanidine groups is 1. The lowest BCUT2D eigenvalue weighted by atomic mass is 10.2. The van der Waals surface area contributed by atoms with Crippen LogP contribution in [0.25, 0.3) is 0 Å². The van der Waals surface area contributed by atoms with Gasteiger partial charge in [0.2, 0.25) is 0 Å². The number of hydrogen-bond donors (Lipinski definition) is 2. The van der Waals surface area contributed by atoms with Gasteiger partial charge in [-0.15, -0.1) is 24.0 Å². The molecule has 0 saturated heterocycles. The van der Waals surface area contributed by atoms with Crippen LogP contribution in [0.3, 0.4) is 0 Å². The van der Waals surface area contributed by atoms with E-state index in [1.165, 1.54) is 12.8 Å². The number of aromatic nitrogens is 1. The van der Waals surface area contributed by atoms with Crippen LogP contribution in [-0.2, 0) is 16.0 Å². The molecule has 0 aromatic carbocycles. The zero-order valence-corrected chi connectivity index (χ0v) is 23.0. The van der Waals surface area contributed by atoms with Gasteiger partial charge in [-0.2, -0.15) is 0 Å². The van der Waals surface area contributed by atoms with Gasteiger partial charge in [0.15, 0.2) is 5.96 Å². The molecule has 0 radical (unpaired) electrons. The van der Waals surface area contributed by atoms with Crippen LogP contribution in [-0.4, -0.2) is 66.9 Å². The average Bonchev–Trinajstić information content (AvgIpc) is 3.56. The highest BCUT2D eigenvalue weighted by Crippen LogP contribution is 2.28. The van der Waals surface area contributed by atoms with Crippen molar-refractivity contribution in [3.63, 3.8) is 0 Å². The van der Waals surface area contributed by atoms with Gasteiger partial charge >= 0.3 is 6.09 Å².